The molecule has 10 aromatic carbocycles. The van der Waals surface area contributed by atoms with E-state index in [1.165, 1.54) is 63.5 Å². The summed E-state index contributed by atoms with van der Waals surface area (Å²) in [7, 11) is 0. The first-order valence-electron chi connectivity index (χ1n) is 25.5. The van der Waals surface area contributed by atoms with Gasteiger partial charge >= 0.3 is 0 Å². The Morgan fingerprint density at radius 1 is 0.325 bits per heavy atom. The third kappa shape index (κ3) is 7.26. The standard InChI is InChI=1S/C34H22N4O.C33H20N4O/c1-21-17-23(34-36-19-35-20-37-34)11-13-25(21)22-12-15-29-28(18-22)26-14-16-31-32(27-9-5-6-10-30(27)39-31)33(26)38(29)24-7-3-2-4-8-24;1-2-6-24(7-3-1)37-28-16-14-23(21-10-12-22(13-11-21)33-35-19-34-20-36-33)18-27(28)25-15-17-30-31(32(25)37)26-8-4-5-9-29(26)38-30/h2-20H,1H3;1-20H. The normalized spacial score (nSPS) is 11.7. The van der Waals surface area contributed by atoms with Crippen LogP contribution in [-0.2, 0) is 0 Å². The Labute approximate surface area is 439 Å². The molecule has 6 aromatic heterocycles. The fourth-order valence-electron chi connectivity index (χ4n) is 11.4. The van der Waals surface area contributed by atoms with Gasteiger partial charge < -0.3 is 18.0 Å². The van der Waals surface area contributed by atoms with E-state index in [4.69, 9.17) is 8.83 Å². The minimum atomic E-state index is 0.671. The van der Waals surface area contributed by atoms with Crippen LogP contribution in [0.25, 0.3) is 144 Å². The minimum Gasteiger partial charge on any atom is -0.456 e. The lowest BCUT2D eigenvalue weighted by Gasteiger charge is -2.10. The Kier molecular flexibility index (Phi) is 10.2. The fraction of sp³-hybridized carbons (Fsp3) is 0.0149. The lowest BCUT2D eigenvalue weighted by atomic mass is 9.96. The molecule has 362 valence electrons. The van der Waals surface area contributed by atoms with Crippen LogP contribution in [0.5, 0.6) is 0 Å². The molecule has 77 heavy (non-hydrogen) atoms. The van der Waals surface area contributed by atoms with Crippen molar-refractivity contribution in [1.82, 2.24) is 39.0 Å². The number of aromatic nitrogens is 8. The first kappa shape index (κ1) is 44.0. The molecule has 16 aromatic rings. The third-order valence-corrected chi connectivity index (χ3v) is 14.8. The number of furan rings is 2. The van der Waals surface area contributed by atoms with Crippen molar-refractivity contribution >= 4 is 87.5 Å². The Hall–Kier alpha value is -10.6. The van der Waals surface area contributed by atoms with E-state index in [1.807, 2.05) is 24.3 Å². The zero-order chi connectivity index (χ0) is 51.0. The zero-order valence-corrected chi connectivity index (χ0v) is 41.4. The number of para-hydroxylation sites is 4. The van der Waals surface area contributed by atoms with Crippen molar-refractivity contribution in [2.75, 3.05) is 0 Å². The van der Waals surface area contributed by atoms with Gasteiger partial charge in [0, 0.05) is 54.8 Å². The van der Waals surface area contributed by atoms with Gasteiger partial charge in [0.1, 0.15) is 47.6 Å². The molecular weight excluding hydrogens is 949 g/mol. The first-order valence-corrected chi connectivity index (χ1v) is 25.5. The number of hydrogen-bond acceptors (Lipinski definition) is 8. The highest BCUT2D eigenvalue weighted by atomic mass is 16.3. The van der Waals surface area contributed by atoms with Crippen LogP contribution in [0.2, 0.25) is 0 Å². The van der Waals surface area contributed by atoms with E-state index < -0.39 is 0 Å². The number of aryl methyl sites for hydroxylation is 1. The quantitative estimate of drug-likeness (QED) is 0.162. The van der Waals surface area contributed by atoms with Crippen LogP contribution in [0.4, 0.5) is 0 Å². The molecule has 0 aliphatic rings. The van der Waals surface area contributed by atoms with Gasteiger partial charge in [0.15, 0.2) is 11.6 Å². The summed E-state index contributed by atoms with van der Waals surface area (Å²) < 4.78 is 17.3. The van der Waals surface area contributed by atoms with Crippen LogP contribution < -0.4 is 0 Å². The van der Waals surface area contributed by atoms with Crippen molar-refractivity contribution in [3.8, 4) is 56.4 Å². The van der Waals surface area contributed by atoms with Crippen molar-refractivity contribution in [2.45, 2.75) is 6.92 Å². The van der Waals surface area contributed by atoms with Crippen molar-refractivity contribution in [3.63, 3.8) is 0 Å². The maximum absolute atomic E-state index is 6.28. The number of nitrogens with zero attached hydrogens (tertiary/aromatic N) is 8. The molecule has 0 spiro atoms. The van der Waals surface area contributed by atoms with Crippen LogP contribution in [-0.4, -0.2) is 39.0 Å². The van der Waals surface area contributed by atoms with Crippen LogP contribution in [0.1, 0.15) is 5.56 Å². The van der Waals surface area contributed by atoms with Gasteiger partial charge in [-0.25, -0.2) is 29.9 Å². The van der Waals surface area contributed by atoms with E-state index in [2.05, 4.69) is 234 Å². The van der Waals surface area contributed by atoms with Crippen LogP contribution >= 0.6 is 0 Å². The molecule has 0 fully saturated rings. The maximum Gasteiger partial charge on any atom is 0.162 e. The average Bonchev–Trinajstić information content (AvgIpc) is 4.34. The molecule has 0 atom stereocenters. The topological polar surface area (TPSA) is 113 Å². The number of benzene rings is 10. The number of rotatable bonds is 6. The Morgan fingerprint density at radius 2 is 0.766 bits per heavy atom. The minimum absolute atomic E-state index is 0.671. The van der Waals surface area contributed by atoms with Crippen molar-refractivity contribution in [1.29, 1.82) is 0 Å². The first-order chi connectivity index (χ1) is 38.1. The van der Waals surface area contributed by atoms with Gasteiger partial charge in [-0.15, -0.1) is 0 Å². The fourth-order valence-corrected chi connectivity index (χ4v) is 11.4. The second-order valence-corrected chi connectivity index (χ2v) is 19.2. The SMILES string of the molecule is Cc1cc(-c2ncncn2)ccc1-c1ccc2c(c1)c1ccc3oc4ccccc4c3c1n2-c1ccccc1.c1ccc(-n2c3ccc(-c4ccc(-c5ncncn5)cc4)cc3c3ccc4oc5ccccc5c4c32)cc1. The van der Waals surface area contributed by atoms with Gasteiger partial charge in [-0.05, 0) is 126 Å². The molecule has 10 nitrogen and oxygen atoms in total. The molecule has 0 saturated heterocycles. The molecule has 0 unspecified atom stereocenters. The zero-order valence-electron chi connectivity index (χ0n) is 41.4. The number of hydrogen-bond donors (Lipinski definition) is 0. The van der Waals surface area contributed by atoms with Crippen molar-refractivity contribution in [2.24, 2.45) is 0 Å². The van der Waals surface area contributed by atoms with E-state index in [0.717, 1.165) is 99.6 Å². The summed E-state index contributed by atoms with van der Waals surface area (Å²) in [6, 6.07) is 74.5. The van der Waals surface area contributed by atoms with Gasteiger partial charge in [-0.1, -0.05) is 121 Å². The molecule has 6 heterocycles. The smallest absolute Gasteiger partial charge is 0.162 e. The van der Waals surface area contributed by atoms with E-state index in [9.17, 15) is 0 Å². The average molecular weight is 991 g/mol. The maximum atomic E-state index is 6.28. The second kappa shape index (κ2) is 17.8. The van der Waals surface area contributed by atoms with Gasteiger partial charge in [0.25, 0.3) is 0 Å². The van der Waals surface area contributed by atoms with Gasteiger partial charge in [0.2, 0.25) is 0 Å². The Bertz CT molecular complexity index is 4910. The Balaban J connectivity index is 0.000000134. The Morgan fingerprint density at radius 3 is 1.30 bits per heavy atom. The van der Waals surface area contributed by atoms with Crippen LogP contribution in [0.15, 0.2) is 246 Å². The summed E-state index contributed by atoms with van der Waals surface area (Å²) in [5.74, 6) is 1.35. The van der Waals surface area contributed by atoms with Crippen LogP contribution in [0, 0.1) is 6.92 Å². The number of fused-ring (bicyclic) bond motifs is 14. The van der Waals surface area contributed by atoms with E-state index in [1.54, 1.807) is 0 Å². The molecule has 0 aliphatic carbocycles. The van der Waals surface area contributed by atoms with Crippen molar-refractivity contribution < 1.29 is 8.83 Å². The van der Waals surface area contributed by atoms with Gasteiger partial charge in [-0.2, -0.15) is 0 Å². The largest absolute Gasteiger partial charge is 0.456 e. The van der Waals surface area contributed by atoms with Crippen LogP contribution in [0.3, 0.4) is 0 Å². The lowest BCUT2D eigenvalue weighted by Crippen LogP contribution is -1.94. The highest BCUT2D eigenvalue weighted by Gasteiger charge is 2.22. The summed E-state index contributed by atoms with van der Waals surface area (Å²) in [6.07, 6.45) is 6.10. The predicted octanol–water partition coefficient (Wildman–Crippen LogP) is 16.7. The summed E-state index contributed by atoms with van der Waals surface area (Å²) in [5, 5.41) is 9.35. The van der Waals surface area contributed by atoms with Gasteiger partial charge in [0.05, 0.1) is 32.8 Å². The molecule has 0 N–H and O–H groups in total. The molecule has 0 radical (unpaired) electrons. The van der Waals surface area contributed by atoms with E-state index in [-0.39, 0.29) is 0 Å². The molecular formula is C67H42N8O2. The van der Waals surface area contributed by atoms with E-state index >= 15 is 0 Å². The molecule has 0 aliphatic heterocycles. The third-order valence-electron chi connectivity index (χ3n) is 14.8. The lowest BCUT2D eigenvalue weighted by molar-refractivity contribution is 0.669. The molecule has 0 amide bonds. The summed E-state index contributed by atoms with van der Waals surface area (Å²) >= 11 is 0. The molecule has 0 bridgehead atoms. The molecule has 10 heteroatoms. The summed E-state index contributed by atoms with van der Waals surface area (Å²) in [5.41, 5.74) is 18.3. The highest BCUT2D eigenvalue weighted by molar-refractivity contribution is 6.26. The molecule has 0 saturated carbocycles. The highest BCUT2D eigenvalue weighted by Crippen LogP contribution is 2.44. The summed E-state index contributed by atoms with van der Waals surface area (Å²) in [4.78, 5) is 25.0. The monoisotopic (exact) mass is 990 g/mol. The summed E-state index contributed by atoms with van der Waals surface area (Å²) in [6.45, 7) is 2.14. The van der Waals surface area contributed by atoms with Gasteiger partial charge in [-0.3, -0.25) is 0 Å². The second-order valence-electron chi connectivity index (χ2n) is 19.2. The van der Waals surface area contributed by atoms with E-state index in [0.29, 0.717) is 11.6 Å². The predicted molar refractivity (Wildman–Crippen MR) is 309 cm³/mol. The molecule has 16 rings (SSSR count). The van der Waals surface area contributed by atoms with Crippen molar-refractivity contribution in [3.05, 3.63) is 243 Å².